The Morgan fingerprint density at radius 2 is 2.12 bits per heavy atom. The Balaban J connectivity index is 0.00000312. The molecule has 2 rings (SSSR count). The van der Waals surface area contributed by atoms with Gasteiger partial charge < -0.3 is 19.9 Å². The van der Waals surface area contributed by atoms with Gasteiger partial charge in [-0.2, -0.15) is 0 Å². The third-order valence-electron chi connectivity index (χ3n) is 4.10. The van der Waals surface area contributed by atoms with E-state index in [-0.39, 0.29) is 42.5 Å². The zero-order valence-corrected chi connectivity index (χ0v) is 17.8. The minimum atomic E-state index is -0.00545. The van der Waals surface area contributed by atoms with E-state index in [1.807, 2.05) is 19.1 Å². The fourth-order valence-corrected chi connectivity index (χ4v) is 2.69. The molecule has 0 saturated carbocycles. The molecule has 1 fully saturated rings. The van der Waals surface area contributed by atoms with Crippen molar-refractivity contribution in [3.63, 3.8) is 0 Å². The number of aryl methyl sites for hydroxylation is 1. The molecule has 6 nitrogen and oxygen atoms in total. The van der Waals surface area contributed by atoms with E-state index in [1.54, 1.807) is 19.0 Å². The summed E-state index contributed by atoms with van der Waals surface area (Å²) in [5.74, 6) is 0.767. The number of guanidine groups is 1. The van der Waals surface area contributed by atoms with Crippen LogP contribution in [-0.4, -0.2) is 68.5 Å². The van der Waals surface area contributed by atoms with E-state index >= 15 is 0 Å². The molecular weight excluding hydrogens is 431 g/mol. The maximum atomic E-state index is 11.8. The van der Waals surface area contributed by atoms with Gasteiger partial charge >= 0.3 is 0 Å². The second-order valence-electron chi connectivity index (χ2n) is 6.12. The smallest absolute Gasteiger partial charge is 0.243 e. The molecule has 1 amide bonds. The summed E-state index contributed by atoms with van der Waals surface area (Å²) < 4.78 is 5.97. The van der Waals surface area contributed by atoms with Crippen LogP contribution in [0.4, 0.5) is 0 Å². The summed E-state index contributed by atoms with van der Waals surface area (Å²) in [6.07, 6.45) is 0.0216. The largest absolute Gasteiger partial charge is 0.370 e. The molecule has 1 aliphatic rings. The van der Waals surface area contributed by atoms with Crippen molar-refractivity contribution in [2.45, 2.75) is 20.0 Å². The van der Waals surface area contributed by atoms with Gasteiger partial charge in [-0.25, -0.2) is 4.99 Å². The van der Waals surface area contributed by atoms with Crippen molar-refractivity contribution in [3.05, 3.63) is 35.4 Å². The molecule has 1 atom stereocenters. The molecule has 0 radical (unpaired) electrons. The molecule has 1 aromatic rings. The van der Waals surface area contributed by atoms with Crippen LogP contribution in [-0.2, 0) is 9.53 Å². The average molecular weight is 460 g/mol. The van der Waals surface area contributed by atoms with Crippen LogP contribution in [0.25, 0.3) is 0 Å². The Morgan fingerprint density at radius 3 is 2.76 bits per heavy atom. The maximum Gasteiger partial charge on any atom is 0.243 e. The summed E-state index contributed by atoms with van der Waals surface area (Å²) in [6, 6.07) is 8.30. The number of nitrogens with one attached hydrogen (secondary N) is 1. The van der Waals surface area contributed by atoms with E-state index in [0.29, 0.717) is 6.61 Å². The number of benzene rings is 1. The van der Waals surface area contributed by atoms with Crippen LogP contribution in [0.2, 0.25) is 0 Å². The number of ether oxygens (including phenoxy) is 1. The van der Waals surface area contributed by atoms with Crippen molar-refractivity contribution in [2.75, 3.05) is 46.9 Å². The second kappa shape index (κ2) is 10.6. The number of nitrogens with zero attached hydrogens (tertiary/aromatic N) is 3. The van der Waals surface area contributed by atoms with E-state index in [0.717, 1.165) is 25.6 Å². The Bertz CT molecular complexity index is 592. The quantitative estimate of drug-likeness (QED) is 0.425. The number of hydrogen-bond acceptors (Lipinski definition) is 3. The van der Waals surface area contributed by atoms with Crippen LogP contribution >= 0.6 is 24.0 Å². The van der Waals surface area contributed by atoms with Gasteiger partial charge in [0.2, 0.25) is 5.91 Å². The highest BCUT2D eigenvalue weighted by molar-refractivity contribution is 14.0. The molecule has 0 aromatic heterocycles. The highest BCUT2D eigenvalue weighted by atomic mass is 127. The molecule has 1 aliphatic heterocycles. The topological polar surface area (TPSA) is 57.2 Å². The molecule has 1 unspecified atom stereocenters. The number of hydrogen-bond donors (Lipinski definition) is 1. The van der Waals surface area contributed by atoms with Crippen LogP contribution in [0.3, 0.4) is 0 Å². The number of carbonyl (C=O) groups is 1. The molecule has 140 valence electrons. The predicted octanol–water partition coefficient (Wildman–Crippen LogP) is 2.04. The Kier molecular flexibility index (Phi) is 9.20. The first-order valence-corrected chi connectivity index (χ1v) is 8.43. The lowest BCUT2D eigenvalue weighted by Gasteiger charge is -2.35. The van der Waals surface area contributed by atoms with Gasteiger partial charge in [0.05, 0.1) is 13.2 Å². The zero-order chi connectivity index (χ0) is 17.5. The molecule has 0 aliphatic carbocycles. The molecular formula is C18H29IN4O2. The lowest BCUT2D eigenvalue weighted by atomic mass is 10.0. The van der Waals surface area contributed by atoms with Crippen LogP contribution in [0.15, 0.2) is 29.3 Å². The first-order chi connectivity index (χ1) is 11.5. The summed E-state index contributed by atoms with van der Waals surface area (Å²) in [5, 5.41) is 3.28. The van der Waals surface area contributed by atoms with E-state index < -0.39 is 0 Å². The number of morpholine rings is 1. The second-order valence-corrected chi connectivity index (χ2v) is 6.12. The summed E-state index contributed by atoms with van der Waals surface area (Å²) in [5.41, 5.74) is 2.44. The molecule has 0 spiro atoms. The molecule has 1 saturated heterocycles. The lowest BCUT2D eigenvalue weighted by Crippen LogP contribution is -2.48. The number of carbonyl (C=O) groups excluding carboxylic acids is 1. The van der Waals surface area contributed by atoms with Gasteiger partial charge in [-0.1, -0.05) is 24.3 Å². The van der Waals surface area contributed by atoms with E-state index in [9.17, 15) is 4.79 Å². The third-order valence-corrected chi connectivity index (χ3v) is 4.10. The monoisotopic (exact) mass is 460 g/mol. The summed E-state index contributed by atoms with van der Waals surface area (Å²) in [6.45, 7) is 7.20. The Hall–Kier alpha value is -1.35. The SMILES string of the molecule is CCNC(=NCC(=O)N(C)C)N1CCOC(c2ccccc2C)C1.I. The number of likely N-dealkylation sites (N-methyl/N-ethyl adjacent to an activating group) is 1. The summed E-state index contributed by atoms with van der Waals surface area (Å²) in [7, 11) is 3.49. The van der Waals surface area contributed by atoms with Crippen molar-refractivity contribution >= 4 is 35.8 Å². The zero-order valence-electron chi connectivity index (χ0n) is 15.5. The number of amides is 1. The van der Waals surface area contributed by atoms with E-state index in [2.05, 4.69) is 34.3 Å². The molecule has 0 bridgehead atoms. The van der Waals surface area contributed by atoms with Crippen LogP contribution in [0.5, 0.6) is 0 Å². The van der Waals surface area contributed by atoms with E-state index in [4.69, 9.17) is 4.74 Å². The minimum absolute atomic E-state index is 0. The van der Waals surface area contributed by atoms with Crippen molar-refractivity contribution in [3.8, 4) is 0 Å². The summed E-state index contributed by atoms with van der Waals surface area (Å²) >= 11 is 0. The van der Waals surface area contributed by atoms with Crippen LogP contribution in [0.1, 0.15) is 24.2 Å². The van der Waals surface area contributed by atoms with Gasteiger partial charge in [0.25, 0.3) is 0 Å². The van der Waals surface area contributed by atoms with Crippen molar-refractivity contribution in [1.82, 2.24) is 15.1 Å². The first kappa shape index (κ1) is 21.7. The van der Waals surface area contributed by atoms with Crippen LogP contribution in [0, 0.1) is 6.92 Å². The summed E-state index contributed by atoms with van der Waals surface area (Å²) in [4.78, 5) is 20.0. The Labute approximate surface area is 167 Å². The van der Waals surface area contributed by atoms with Crippen molar-refractivity contribution < 1.29 is 9.53 Å². The van der Waals surface area contributed by atoms with Gasteiger partial charge in [-0.05, 0) is 25.0 Å². The molecule has 1 aromatic carbocycles. The number of aliphatic imine (C=N–C) groups is 1. The minimum Gasteiger partial charge on any atom is -0.370 e. The highest BCUT2D eigenvalue weighted by Crippen LogP contribution is 2.24. The molecule has 25 heavy (non-hydrogen) atoms. The molecule has 7 heteroatoms. The standard InChI is InChI=1S/C18H28N4O2.HI/c1-5-19-18(20-12-17(23)21(3)4)22-10-11-24-16(13-22)15-9-7-6-8-14(15)2;/h6-9,16H,5,10-13H2,1-4H3,(H,19,20);1H. The Morgan fingerprint density at radius 1 is 1.40 bits per heavy atom. The molecule has 1 N–H and O–H groups in total. The van der Waals surface area contributed by atoms with Gasteiger partial charge in [0.15, 0.2) is 5.96 Å². The molecule has 1 heterocycles. The highest BCUT2D eigenvalue weighted by Gasteiger charge is 2.25. The number of halogens is 1. The predicted molar refractivity (Wildman–Crippen MR) is 112 cm³/mol. The normalized spacial score (nSPS) is 17.7. The number of rotatable bonds is 4. The lowest BCUT2D eigenvalue weighted by molar-refractivity contribution is -0.127. The van der Waals surface area contributed by atoms with Gasteiger partial charge in [0.1, 0.15) is 12.6 Å². The first-order valence-electron chi connectivity index (χ1n) is 8.43. The van der Waals surface area contributed by atoms with Gasteiger partial charge in [-0.3, -0.25) is 4.79 Å². The maximum absolute atomic E-state index is 11.8. The van der Waals surface area contributed by atoms with E-state index in [1.165, 1.54) is 11.1 Å². The van der Waals surface area contributed by atoms with Crippen molar-refractivity contribution in [1.29, 1.82) is 0 Å². The van der Waals surface area contributed by atoms with Crippen LogP contribution < -0.4 is 5.32 Å². The fourth-order valence-electron chi connectivity index (χ4n) is 2.69. The average Bonchev–Trinajstić information content (AvgIpc) is 2.58. The fraction of sp³-hybridized carbons (Fsp3) is 0.556. The van der Waals surface area contributed by atoms with Gasteiger partial charge in [0, 0.05) is 27.2 Å². The third kappa shape index (κ3) is 6.14. The van der Waals surface area contributed by atoms with Gasteiger partial charge in [-0.15, -0.1) is 24.0 Å². The van der Waals surface area contributed by atoms with Crippen molar-refractivity contribution in [2.24, 2.45) is 4.99 Å².